The highest BCUT2D eigenvalue weighted by Crippen LogP contribution is 2.40. The van der Waals surface area contributed by atoms with E-state index in [1.165, 1.54) is 38.5 Å². The molecular weight excluding hydrogens is 224 g/mol. The third-order valence-corrected chi connectivity index (χ3v) is 4.54. The molecule has 1 aliphatic rings. The fraction of sp³-hybridized carbons (Fsp3) is 0.867. The van der Waals surface area contributed by atoms with Gasteiger partial charge >= 0.3 is 0 Å². The van der Waals surface area contributed by atoms with E-state index in [1.807, 2.05) is 6.92 Å². The lowest BCUT2D eigenvalue weighted by atomic mass is 9.73. The van der Waals surface area contributed by atoms with E-state index < -0.39 is 0 Å². The Labute approximate surface area is 110 Å². The van der Waals surface area contributed by atoms with Crippen LogP contribution in [-0.4, -0.2) is 10.2 Å². The monoisotopic (exact) mass is 250 g/mol. The lowest BCUT2D eigenvalue weighted by molar-refractivity contribution is 0.198. The second-order valence-corrected chi connectivity index (χ2v) is 6.60. The molecule has 1 aliphatic carbocycles. The number of hydrogen-bond donors (Lipinski definition) is 0. The van der Waals surface area contributed by atoms with Crippen molar-refractivity contribution < 1.29 is 4.42 Å². The Hall–Kier alpha value is -0.860. The molecule has 1 fully saturated rings. The van der Waals surface area contributed by atoms with Gasteiger partial charge < -0.3 is 4.42 Å². The molecule has 102 valence electrons. The summed E-state index contributed by atoms with van der Waals surface area (Å²) in [6, 6.07) is 0. The summed E-state index contributed by atoms with van der Waals surface area (Å²) in [7, 11) is 0. The van der Waals surface area contributed by atoms with Crippen molar-refractivity contribution >= 4 is 0 Å². The zero-order chi connectivity index (χ0) is 13.2. The molecule has 0 aliphatic heterocycles. The van der Waals surface area contributed by atoms with E-state index >= 15 is 0 Å². The Morgan fingerprint density at radius 3 is 2.33 bits per heavy atom. The van der Waals surface area contributed by atoms with E-state index in [-0.39, 0.29) is 0 Å². The predicted molar refractivity (Wildman–Crippen MR) is 72.4 cm³/mol. The van der Waals surface area contributed by atoms with Crippen LogP contribution in [0.15, 0.2) is 4.42 Å². The van der Waals surface area contributed by atoms with Gasteiger partial charge in [0.15, 0.2) is 0 Å². The predicted octanol–water partition coefficient (Wildman–Crippen LogP) is 4.48. The van der Waals surface area contributed by atoms with Gasteiger partial charge in [0.2, 0.25) is 11.8 Å². The minimum absolute atomic E-state index is 0.499. The van der Waals surface area contributed by atoms with Gasteiger partial charge in [0.05, 0.1) is 0 Å². The summed E-state index contributed by atoms with van der Waals surface area (Å²) in [5, 5.41) is 8.11. The van der Waals surface area contributed by atoms with Crippen LogP contribution in [0.2, 0.25) is 0 Å². The number of aromatic nitrogens is 2. The van der Waals surface area contributed by atoms with Gasteiger partial charge in [0.25, 0.3) is 0 Å². The first kappa shape index (κ1) is 13.6. The largest absolute Gasteiger partial charge is 0.425 e. The molecule has 2 rings (SSSR count). The molecule has 1 heterocycles. The van der Waals surface area contributed by atoms with Crippen molar-refractivity contribution in [3.05, 3.63) is 11.8 Å². The Morgan fingerprint density at radius 1 is 1.17 bits per heavy atom. The van der Waals surface area contributed by atoms with Crippen molar-refractivity contribution in [3.63, 3.8) is 0 Å². The maximum absolute atomic E-state index is 5.56. The van der Waals surface area contributed by atoms with Gasteiger partial charge in [-0.1, -0.05) is 27.2 Å². The molecule has 0 radical (unpaired) electrons. The van der Waals surface area contributed by atoms with Gasteiger partial charge in [-0.25, -0.2) is 0 Å². The van der Waals surface area contributed by atoms with E-state index in [2.05, 4.69) is 31.0 Å². The van der Waals surface area contributed by atoms with Crippen LogP contribution in [-0.2, 0) is 0 Å². The maximum Gasteiger partial charge on any atom is 0.219 e. The van der Waals surface area contributed by atoms with E-state index in [0.29, 0.717) is 17.2 Å². The van der Waals surface area contributed by atoms with Crippen molar-refractivity contribution in [1.82, 2.24) is 10.2 Å². The quantitative estimate of drug-likeness (QED) is 0.791. The highest BCUT2D eigenvalue weighted by Gasteiger charge is 2.29. The second-order valence-electron chi connectivity index (χ2n) is 6.60. The maximum atomic E-state index is 5.56. The Morgan fingerprint density at radius 2 is 1.83 bits per heavy atom. The highest BCUT2D eigenvalue weighted by molar-refractivity contribution is 4.94. The van der Waals surface area contributed by atoms with E-state index in [4.69, 9.17) is 4.42 Å². The van der Waals surface area contributed by atoms with Crippen LogP contribution < -0.4 is 0 Å². The number of nitrogens with zero attached hydrogens (tertiary/aromatic N) is 2. The molecule has 0 N–H and O–H groups in total. The fourth-order valence-corrected chi connectivity index (χ4v) is 3.02. The molecule has 3 nitrogen and oxygen atoms in total. The van der Waals surface area contributed by atoms with E-state index in [1.54, 1.807) is 0 Å². The molecule has 0 bridgehead atoms. The van der Waals surface area contributed by atoms with E-state index in [0.717, 1.165) is 11.8 Å². The van der Waals surface area contributed by atoms with Crippen molar-refractivity contribution in [2.24, 2.45) is 11.3 Å². The minimum Gasteiger partial charge on any atom is -0.425 e. The van der Waals surface area contributed by atoms with Crippen molar-refractivity contribution in [2.45, 2.75) is 72.1 Å². The second kappa shape index (κ2) is 5.41. The van der Waals surface area contributed by atoms with Crippen LogP contribution >= 0.6 is 0 Å². The Kier molecular flexibility index (Phi) is 4.08. The van der Waals surface area contributed by atoms with Gasteiger partial charge in [0, 0.05) is 12.8 Å². The minimum atomic E-state index is 0.499. The zero-order valence-corrected chi connectivity index (χ0v) is 12.2. The summed E-state index contributed by atoms with van der Waals surface area (Å²) in [5.74, 6) is 2.95. The first-order chi connectivity index (χ1) is 8.50. The summed E-state index contributed by atoms with van der Waals surface area (Å²) in [6.07, 6.45) is 7.69. The SMILES string of the molecule is CCC(C)(C)C[C@H]1CC[C@H](c2nnc(C)o2)CC1. The van der Waals surface area contributed by atoms with Gasteiger partial charge in [0.1, 0.15) is 0 Å². The summed E-state index contributed by atoms with van der Waals surface area (Å²) >= 11 is 0. The smallest absolute Gasteiger partial charge is 0.219 e. The molecule has 0 atom stereocenters. The normalized spacial score (nSPS) is 25.3. The van der Waals surface area contributed by atoms with Gasteiger partial charge in [-0.05, 0) is 43.4 Å². The summed E-state index contributed by atoms with van der Waals surface area (Å²) in [5.41, 5.74) is 0.499. The van der Waals surface area contributed by atoms with Crippen LogP contribution in [0.3, 0.4) is 0 Å². The summed E-state index contributed by atoms with van der Waals surface area (Å²) in [6.45, 7) is 8.94. The molecule has 0 spiro atoms. The first-order valence-electron chi connectivity index (χ1n) is 7.30. The first-order valence-corrected chi connectivity index (χ1v) is 7.30. The lowest BCUT2D eigenvalue weighted by Gasteiger charge is -2.33. The van der Waals surface area contributed by atoms with Gasteiger partial charge in [-0.2, -0.15) is 0 Å². The number of rotatable bonds is 4. The van der Waals surface area contributed by atoms with Gasteiger partial charge in [-0.3, -0.25) is 0 Å². The van der Waals surface area contributed by atoms with Crippen molar-refractivity contribution in [1.29, 1.82) is 0 Å². The molecule has 0 unspecified atom stereocenters. The average Bonchev–Trinajstić information content (AvgIpc) is 2.76. The molecule has 18 heavy (non-hydrogen) atoms. The molecule has 1 aromatic rings. The fourth-order valence-electron chi connectivity index (χ4n) is 3.02. The Bertz CT molecular complexity index is 376. The van der Waals surface area contributed by atoms with Crippen LogP contribution in [0.5, 0.6) is 0 Å². The zero-order valence-electron chi connectivity index (χ0n) is 12.2. The molecule has 0 saturated heterocycles. The molecular formula is C15H26N2O. The van der Waals surface area contributed by atoms with Crippen LogP contribution in [0.4, 0.5) is 0 Å². The van der Waals surface area contributed by atoms with Crippen molar-refractivity contribution in [3.8, 4) is 0 Å². The lowest BCUT2D eigenvalue weighted by Crippen LogP contribution is -2.20. The molecule has 1 saturated carbocycles. The van der Waals surface area contributed by atoms with Crippen LogP contribution in [0.25, 0.3) is 0 Å². The molecule has 0 aromatic carbocycles. The van der Waals surface area contributed by atoms with Gasteiger partial charge in [-0.15, -0.1) is 10.2 Å². The van der Waals surface area contributed by atoms with E-state index in [9.17, 15) is 0 Å². The molecule has 3 heteroatoms. The topological polar surface area (TPSA) is 38.9 Å². The highest BCUT2D eigenvalue weighted by atomic mass is 16.4. The Balaban J connectivity index is 1.85. The summed E-state index contributed by atoms with van der Waals surface area (Å²) in [4.78, 5) is 0. The van der Waals surface area contributed by atoms with Crippen LogP contribution in [0, 0.1) is 18.3 Å². The average molecular weight is 250 g/mol. The number of hydrogen-bond acceptors (Lipinski definition) is 3. The number of aryl methyl sites for hydroxylation is 1. The third-order valence-electron chi connectivity index (χ3n) is 4.54. The molecule has 0 amide bonds. The summed E-state index contributed by atoms with van der Waals surface area (Å²) < 4.78 is 5.56. The standard InChI is InChI=1S/C15H26N2O/c1-5-15(3,4)10-12-6-8-13(9-7-12)14-17-16-11(2)18-14/h12-13H,5-10H2,1-4H3/t12-,13-. The molecule has 1 aromatic heterocycles. The third kappa shape index (κ3) is 3.33. The van der Waals surface area contributed by atoms with Crippen LogP contribution in [0.1, 0.15) is 77.0 Å². The van der Waals surface area contributed by atoms with Crippen molar-refractivity contribution in [2.75, 3.05) is 0 Å².